The van der Waals surface area contributed by atoms with E-state index in [0.29, 0.717) is 0 Å². The molecule has 0 radical (unpaired) electrons. The minimum atomic E-state index is -0.619. The Morgan fingerprint density at radius 1 is 0.920 bits per heavy atom. The van der Waals surface area contributed by atoms with Crippen LogP contribution in [0.5, 0.6) is 0 Å². The van der Waals surface area contributed by atoms with E-state index in [2.05, 4.69) is 66.4 Å². The van der Waals surface area contributed by atoms with Gasteiger partial charge in [-0.25, -0.2) is 4.39 Å². The smallest absolute Gasteiger partial charge is 0.107 e. The standard InChI is InChI=1S/C23H30FN/c1-2-16-25(18-20-7-4-3-5-8-20)17-6-9-19-10-12-21(13-11-19)22-14-15-23(22)24/h3-5,7-8,10-13,22-23H,2,6,9,14-18H2,1H3. The molecule has 134 valence electrons. The number of alkyl halides is 1. The first-order chi connectivity index (χ1) is 12.3. The van der Waals surface area contributed by atoms with Gasteiger partial charge < -0.3 is 0 Å². The molecule has 1 nitrogen and oxygen atoms in total. The van der Waals surface area contributed by atoms with Crippen molar-refractivity contribution in [3.05, 3.63) is 71.3 Å². The van der Waals surface area contributed by atoms with Gasteiger partial charge in [-0.2, -0.15) is 0 Å². The Morgan fingerprint density at radius 2 is 1.68 bits per heavy atom. The third kappa shape index (κ3) is 5.15. The van der Waals surface area contributed by atoms with E-state index in [-0.39, 0.29) is 5.92 Å². The summed E-state index contributed by atoms with van der Waals surface area (Å²) in [4.78, 5) is 2.55. The van der Waals surface area contributed by atoms with Crippen molar-refractivity contribution >= 4 is 0 Å². The number of hydrogen-bond acceptors (Lipinski definition) is 1. The maximum absolute atomic E-state index is 13.5. The first kappa shape index (κ1) is 18.1. The molecule has 1 fully saturated rings. The highest BCUT2D eigenvalue weighted by Crippen LogP contribution is 2.39. The molecule has 0 N–H and O–H groups in total. The zero-order valence-corrected chi connectivity index (χ0v) is 15.3. The second-order valence-corrected chi connectivity index (χ2v) is 7.31. The van der Waals surface area contributed by atoms with Crippen LogP contribution in [0.2, 0.25) is 0 Å². The van der Waals surface area contributed by atoms with Crippen molar-refractivity contribution in [2.24, 2.45) is 0 Å². The van der Waals surface area contributed by atoms with E-state index in [1.807, 2.05) is 0 Å². The highest BCUT2D eigenvalue weighted by atomic mass is 19.1. The van der Waals surface area contributed by atoms with Gasteiger partial charge in [0.05, 0.1) is 0 Å². The fourth-order valence-corrected chi connectivity index (χ4v) is 3.70. The van der Waals surface area contributed by atoms with Gasteiger partial charge in [0.15, 0.2) is 0 Å². The first-order valence-corrected chi connectivity index (χ1v) is 9.75. The molecule has 0 saturated heterocycles. The van der Waals surface area contributed by atoms with Crippen LogP contribution in [-0.4, -0.2) is 24.2 Å². The Kier molecular flexibility index (Phi) is 6.63. The summed E-state index contributed by atoms with van der Waals surface area (Å²) in [5.74, 6) is 0.153. The van der Waals surface area contributed by atoms with Gasteiger partial charge in [-0.05, 0) is 61.9 Å². The largest absolute Gasteiger partial charge is 0.299 e. The summed E-state index contributed by atoms with van der Waals surface area (Å²) in [5.41, 5.74) is 3.94. The highest BCUT2D eigenvalue weighted by molar-refractivity contribution is 5.28. The minimum Gasteiger partial charge on any atom is -0.299 e. The molecule has 2 atom stereocenters. The maximum atomic E-state index is 13.5. The van der Waals surface area contributed by atoms with Crippen molar-refractivity contribution in [3.8, 4) is 0 Å². The van der Waals surface area contributed by atoms with Gasteiger partial charge in [-0.3, -0.25) is 4.90 Å². The van der Waals surface area contributed by atoms with Gasteiger partial charge in [0.2, 0.25) is 0 Å². The summed E-state index contributed by atoms with van der Waals surface area (Å²) in [5, 5.41) is 0. The van der Waals surface area contributed by atoms with E-state index in [4.69, 9.17) is 0 Å². The number of aryl methyl sites for hydroxylation is 1. The first-order valence-electron chi connectivity index (χ1n) is 9.75. The lowest BCUT2D eigenvalue weighted by Gasteiger charge is -2.30. The van der Waals surface area contributed by atoms with Gasteiger partial charge in [0.1, 0.15) is 6.17 Å². The van der Waals surface area contributed by atoms with E-state index in [0.717, 1.165) is 38.9 Å². The topological polar surface area (TPSA) is 3.24 Å². The lowest BCUT2D eigenvalue weighted by atomic mass is 9.78. The molecule has 2 aromatic rings. The number of benzene rings is 2. The summed E-state index contributed by atoms with van der Waals surface area (Å²) >= 11 is 0. The zero-order chi connectivity index (χ0) is 17.5. The second kappa shape index (κ2) is 9.15. The van der Waals surface area contributed by atoms with Crippen molar-refractivity contribution in [2.45, 2.75) is 57.7 Å². The molecule has 0 spiro atoms. The molecule has 2 heteroatoms. The van der Waals surface area contributed by atoms with Crippen LogP contribution in [0, 0.1) is 0 Å². The lowest BCUT2D eigenvalue weighted by Crippen LogP contribution is -2.25. The summed E-state index contributed by atoms with van der Waals surface area (Å²) in [6.45, 7) is 5.55. The van der Waals surface area contributed by atoms with Crippen LogP contribution in [0.1, 0.15) is 55.2 Å². The molecule has 25 heavy (non-hydrogen) atoms. The maximum Gasteiger partial charge on any atom is 0.107 e. The molecule has 0 amide bonds. The van der Waals surface area contributed by atoms with Gasteiger partial charge in [-0.15, -0.1) is 0 Å². The average Bonchev–Trinajstić information content (AvgIpc) is 2.63. The molecule has 1 aliphatic rings. The Hall–Kier alpha value is -1.67. The number of hydrogen-bond donors (Lipinski definition) is 0. The van der Waals surface area contributed by atoms with Crippen LogP contribution in [0.25, 0.3) is 0 Å². The van der Waals surface area contributed by atoms with Gasteiger partial charge >= 0.3 is 0 Å². The average molecular weight is 339 g/mol. The zero-order valence-electron chi connectivity index (χ0n) is 15.3. The van der Waals surface area contributed by atoms with Crippen molar-refractivity contribution in [3.63, 3.8) is 0 Å². The summed E-state index contributed by atoms with van der Waals surface area (Å²) in [6, 6.07) is 19.4. The third-order valence-electron chi connectivity index (χ3n) is 5.33. The second-order valence-electron chi connectivity index (χ2n) is 7.31. The van der Waals surface area contributed by atoms with Crippen molar-refractivity contribution in [2.75, 3.05) is 13.1 Å². The fraction of sp³-hybridized carbons (Fsp3) is 0.478. The van der Waals surface area contributed by atoms with Crippen molar-refractivity contribution in [1.29, 1.82) is 0 Å². The van der Waals surface area contributed by atoms with E-state index in [1.54, 1.807) is 0 Å². The molecular formula is C23H30FN. The quantitative estimate of drug-likeness (QED) is 0.562. The monoisotopic (exact) mass is 339 g/mol. The fourth-order valence-electron chi connectivity index (χ4n) is 3.70. The van der Waals surface area contributed by atoms with Gasteiger partial charge in [0.25, 0.3) is 0 Å². The molecule has 2 aromatic carbocycles. The lowest BCUT2D eigenvalue weighted by molar-refractivity contribution is 0.170. The van der Waals surface area contributed by atoms with Crippen LogP contribution in [0.4, 0.5) is 4.39 Å². The molecule has 3 rings (SSSR count). The Labute approximate surface area is 151 Å². The highest BCUT2D eigenvalue weighted by Gasteiger charge is 2.31. The normalized spacial score (nSPS) is 19.8. The molecule has 1 saturated carbocycles. The van der Waals surface area contributed by atoms with Crippen LogP contribution in [-0.2, 0) is 13.0 Å². The van der Waals surface area contributed by atoms with Gasteiger partial charge in [0, 0.05) is 12.5 Å². The van der Waals surface area contributed by atoms with E-state index < -0.39 is 6.17 Å². The predicted octanol–water partition coefficient (Wildman–Crippen LogP) is 5.75. The van der Waals surface area contributed by atoms with E-state index >= 15 is 0 Å². The number of halogens is 1. The molecule has 0 heterocycles. The molecule has 1 aliphatic carbocycles. The van der Waals surface area contributed by atoms with Crippen LogP contribution in [0.3, 0.4) is 0 Å². The summed E-state index contributed by atoms with van der Waals surface area (Å²) in [6.07, 6.45) is 4.58. The van der Waals surface area contributed by atoms with Crippen molar-refractivity contribution < 1.29 is 4.39 Å². The molecule has 2 unspecified atom stereocenters. The molecule has 0 aromatic heterocycles. The molecule has 0 aliphatic heterocycles. The Balaban J connectivity index is 1.46. The number of rotatable bonds is 9. The van der Waals surface area contributed by atoms with Crippen LogP contribution < -0.4 is 0 Å². The summed E-state index contributed by atoms with van der Waals surface area (Å²) < 4.78 is 13.5. The minimum absolute atomic E-state index is 0.153. The van der Waals surface area contributed by atoms with E-state index in [9.17, 15) is 4.39 Å². The Morgan fingerprint density at radius 3 is 2.28 bits per heavy atom. The van der Waals surface area contributed by atoms with E-state index in [1.165, 1.54) is 29.5 Å². The molecular weight excluding hydrogens is 309 g/mol. The third-order valence-corrected chi connectivity index (χ3v) is 5.33. The van der Waals surface area contributed by atoms with Crippen LogP contribution >= 0.6 is 0 Å². The number of nitrogens with zero attached hydrogens (tertiary/aromatic N) is 1. The van der Waals surface area contributed by atoms with Crippen molar-refractivity contribution in [1.82, 2.24) is 4.90 Å². The van der Waals surface area contributed by atoms with Gasteiger partial charge in [-0.1, -0.05) is 61.5 Å². The Bertz CT molecular complexity index is 622. The predicted molar refractivity (Wildman–Crippen MR) is 104 cm³/mol. The SMILES string of the molecule is CCCN(CCCc1ccc(C2CCC2F)cc1)Cc1ccccc1. The molecule has 0 bridgehead atoms. The van der Waals surface area contributed by atoms with Crippen LogP contribution in [0.15, 0.2) is 54.6 Å². The summed E-state index contributed by atoms with van der Waals surface area (Å²) in [7, 11) is 0.